The first-order chi connectivity index (χ1) is 4.99. The van der Waals surface area contributed by atoms with E-state index in [0.29, 0.717) is 0 Å². The van der Waals surface area contributed by atoms with Crippen LogP contribution in [0.5, 0.6) is 0 Å². The Labute approximate surface area is 70.1 Å². The first kappa shape index (κ1) is 9.05. The summed E-state index contributed by atoms with van der Waals surface area (Å²) in [5.41, 5.74) is 0.0448. The lowest BCUT2D eigenvalue weighted by atomic mass is 10.1. The Hall–Kier alpha value is -0.0400. The van der Waals surface area contributed by atoms with Gasteiger partial charge in [0.2, 0.25) is 0 Å². The van der Waals surface area contributed by atoms with Gasteiger partial charge in [-0.05, 0) is 45.4 Å². The molecule has 0 bridgehead atoms. The summed E-state index contributed by atoms with van der Waals surface area (Å²) >= 11 is 0. The molecule has 1 atom stereocenters. The molecule has 66 valence electrons. The molecular weight excluding hydrogens is 136 g/mol. The highest BCUT2D eigenvalue weighted by Crippen LogP contribution is 2.36. The highest BCUT2D eigenvalue weighted by Gasteiger charge is 2.28. The summed E-state index contributed by atoms with van der Waals surface area (Å²) in [5, 5.41) is 0. The zero-order valence-electron chi connectivity index (χ0n) is 8.18. The minimum absolute atomic E-state index is 0.0448. The molecule has 0 aliphatic heterocycles. The zero-order chi connectivity index (χ0) is 8.48. The molecule has 1 nitrogen and oxygen atoms in total. The van der Waals surface area contributed by atoms with E-state index in [-0.39, 0.29) is 5.60 Å². The van der Waals surface area contributed by atoms with Crippen LogP contribution in [0.25, 0.3) is 0 Å². The molecule has 0 heterocycles. The number of hydrogen-bond donors (Lipinski definition) is 0. The normalized spacial score (nSPS) is 21.8. The Kier molecular flexibility index (Phi) is 2.58. The fourth-order valence-corrected chi connectivity index (χ4v) is 1.18. The second-order valence-electron chi connectivity index (χ2n) is 4.74. The van der Waals surface area contributed by atoms with E-state index in [1.165, 1.54) is 12.8 Å². The van der Waals surface area contributed by atoms with Gasteiger partial charge in [0.1, 0.15) is 0 Å². The van der Waals surface area contributed by atoms with E-state index in [4.69, 9.17) is 4.74 Å². The van der Waals surface area contributed by atoms with Crippen LogP contribution >= 0.6 is 0 Å². The summed E-state index contributed by atoms with van der Waals surface area (Å²) in [4.78, 5) is 0. The molecule has 1 fully saturated rings. The number of hydrogen-bond acceptors (Lipinski definition) is 1. The van der Waals surface area contributed by atoms with Gasteiger partial charge in [-0.2, -0.15) is 0 Å². The van der Waals surface area contributed by atoms with Gasteiger partial charge in [-0.1, -0.05) is 6.92 Å². The second kappa shape index (κ2) is 3.14. The average molecular weight is 156 g/mol. The van der Waals surface area contributed by atoms with Crippen molar-refractivity contribution in [3.8, 4) is 0 Å². The van der Waals surface area contributed by atoms with E-state index in [2.05, 4.69) is 27.7 Å². The molecule has 1 rings (SSSR count). The van der Waals surface area contributed by atoms with Crippen molar-refractivity contribution < 1.29 is 4.74 Å². The Morgan fingerprint density at radius 3 is 2.27 bits per heavy atom. The first-order valence-electron chi connectivity index (χ1n) is 4.63. The molecule has 0 amide bonds. The summed E-state index contributed by atoms with van der Waals surface area (Å²) in [5.74, 6) is 1.74. The van der Waals surface area contributed by atoms with Gasteiger partial charge in [-0.25, -0.2) is 0 Å². The van der Waals surface area contributed by atoms with Crippen LogP contribution in [0.15, 0.2) is 0 Å². The van der Waals surface area contributed by atoms with Gasteiger partial charge < -0.3 is 4.74 Å². The average Bonchev–Trinajstić information content (AvgIpc) is 2.61. The smallest absolute Gasteiger partial charge is 0.0598 e. The van der Waals surface area contributed by atoms with Crippen molar-refractivity contribution in [3.05, 3.63) is 0 Å². The molecule has 1 heteroatoms. The van der Waals surface area contributed by atoms with Crippen LogP contribution in [0.3, 0.4) is 0 Å². The molecule has 0 radical (unpaired) electrons. The van der Waals surface area contributed by atoms with Crippen LogP contribution in [0.2, 0.25) is 0 Å². The number of ether oxygens (including phenoxy) is 1. The standard InChI is InChI=1S/C10H20O/c1-8(9-5-6-9)7-11-10(2,3)4/h8-9H,5-7H2,1-4H3. The first-order valence-corrected chi connectivity index (χ1v) is 4.63. The van der Waals surface area contributed by atoms with Crippen LogP contribution in [-0.4, -0.2) is 12.2 Å². The number of rotatable bonds is 3. The molecule has 1 aliphatic carbocycles. The molecule has 0 N–H and O–H groups in total. The van der Waals surface area contributed by atoms with E-state index in [1.807, 2.05) is 0 Å². The highest BCUT2D eigenvalue weighted by molar-refractivity contribution is 4.78. The maximum atomic E-state index is 5.69. The Balaban J connectivity index is 2.10. The van der Waals surface area contributed by atoms with Gasteiger partial charge in [0.15, 0.2) is 0 Å². The topological polar surface area (TPSA) is 9.23 Å². The van der Waals surface area contributed by atoms with E-state index in [1.54, 1.807) is 0 Å². The van der Waals surface area contributed by atoms with Crippen molar-refractivity contribution in [2.24, 2.45) is 11.8 Å². The van der Waals surface area contributed by atoms with Crippen LogP contribution in [0, 0.1) is 11.8 Å². The summed E-state index contributed by atoms with van der Waals surface area (Å²) < 4.78 is 5.69. The van der Waals surface area contributed by atoms with Gasteiger partial charge in [-0.15, -0.1) is 0 Å². The van der Waals surface area contributed by atoms with E-state index in [0.717, 1.165) is 18.4 Å². The fraction of sp³-hybridized carbons (Fsp3) is 1.00. The van der Waals surface area contributed by atoms with Gasteiger partial charge >= 0.3 is 0 Å². The van der Waals surface area contributed by atoms with Crippen LogP contribution in [0.1, 0.15) is 40.5 Å². The van der Waals surface area contributed by atoms with Crippen LogP contribution in [0.4, 0.5) is 0 Å². The third-order valence-corrected chi connectivity index (χ3v) is 2.21. The summed E-state index contributed by atoms with van der Waals surface area (Å²) in [7, 11) is 0. The molecule has 0 saturated heterocycles. The predicted molar refractivity (Wildman–Crippen MR) is 47.6 cm³/mol. The van der Waals surface area contributed by atoms with Crippen molar-refractivity contribution in [3.63, 3.8) is 0 Å². The van der Waals surface area contributed by atoms with Crippen LogP contribution in [-0.2, 0) is 4.74 Å². The lowest BCUT2D eigenvalue weighted by Gasteiger charge is -2.22. The van der Waals surface area contributed by atoms with Crippen molar-refractivity contribution in [1.29, 1.82) is 0 Å². The van der Waals surface area contributed by atoms with Gasteiger partial charge in [-0.3, -0.25) is 0 Å². The van der Waals surface area contributed by atoms with Gasteiger partial charge in [0.25, 0.3) is 0 Å². The Morgan fingerprint density at radius 1 is 1.36 bits per heavy atom. The quantitative estimate of drug-likeness (QED) is 0.610. The second-order valence-corrected chi connectivity index (χ2v) is 4.74. The van der Waals surface area contributed by atoms with Crippen molar-refractivity contribution in [2.45, 2.75) is 46.1 Å². The molecule has 1 unspecified atom stereocenters. The molecule has 1 saturated carbocycles. The lowest BCUT2D eigenvalue weighted by Crippen LogP contribution is -2.23. The minimum Gasteiger partial charge on any atom is -0.376 e. The van der Waals surface area contributed by atoms with Crippen LogP contribution < -0.4 is 0 Å². The summed E-state index contributed by atoms with van der Waals surface area (Å²) in [6, 6.07) is 0. The largest absolute Gasteiger partial charge is 0.376 e. The van der Waals surface area contributed by atoms with E-state index >= 15 is 0 Å². The Bertz CT molecular complexity index is 119. The monoisotopic (exact) mass is 156 g/mol. The molecule has 0 aromatic carbocycles. The summed E-state index contributed by atoms with van der Waals surface area (Å²) in [6.07, 6.45) is 2.85. The minimum atomic E-state index is 0.0448. The molecule has 0 aromatic rings. The third-order valence-electron chi connectivity index (χ3n) is 2.21. The van der Waals surface area contributed by atoms with E-state index < -0.39 is 0 Å². The zero-order valence-corrected chi connectivity index (χ0v) is 8.18. The fourth-order valence-electron chi connectivity index (χ4n) is 1.18. The maximum Gasteiger partial charge on any atom is 0.0598 e. The molecule has 0 spiro atoms. The van der Waals surface area contributed by atoms with Gasteiger partial charge in [0, 0.05) is 0 Å². The SMILES string of the molecule is CC(COC(C)(C)C)C1CC1. The Morgan fingerprint density at radius 2 is 1.91 bits per heavy atom. The highest BCUT2D eigenvalue weighted by atomic mass is 16.5. The van der Waals surface area contributed by atoms with E-state index in [9.17, 15) is 0 Å². The van der Waals surface area contributed by atoms with Gasteiger partial charge in [0.05, 0.1) is 12.2 Å². The molecule has 0 aromatic heterocycles. The molecule has 11 heavy (non-hydrogen) atoms. The molecule has 1 aliphatic rings. The summed E-state index contributed by atoms with van der Waals surface area (Å²) in [6.45, 7) is 9.59. The third kappa shape index (κ3) is 3.76. The molecular formula is C10H20O. The van der Waals surface area contributed by atoms with Crippen molar-refractivity contribution in [2.75, 3.05) is 6.61 Å². The lowest BCUT2D eigenvalue weighted by molar-refractivity contribution is -0.0226. The predicted octanol–water partition coefficient (Wildman–Crippen LogP) is 2.85. The maximum absolute atomic E-state index is 5.69. The van der Waals surface area contributed by atoms with Crippen molar-refractivity contribution >= 4 is 0 Å². The van der Waals surface area contributed by atoms with Crippen molar-refractivity contribution in [1.82, 2.24) is 0 Å².